The lowest BCUT2D eigenvalue weighted by Gasteiger charge is -2.22. The van der Waals surface area contributed by atoms with Gasteiger partial charge in [-0.05, 0) is 32.2 Å². The van der Waals surface area contributed by atoms with E-state index in [-0.39, 0.29) is 11.8 Å². The maximum atomic E-state index is 11.9. The molecule has 2 unspecified atom stereocenters. The molecule has 1 amide bonds. The van der Waals surface area contributed by atoms with Crippen molar-refractivity contribution in [3.8, 4) is 0 Å². The van der Waals surface area contributed by atoms with Crippen LogP contribution >= 0.6 is 0 Å². The Bertz CT molecular complexity index is 249. The first kappa shape index (κ1) is 12.9. The Kier molecular flexibility index (Phi) is 4.84. The van der Waals surface area contributed by atoms with Gasteiger partial charge in [-0.2, -0.15) is 0 Å². The van der Waals surface area contributed by atoms with E-state index in [9.17, 15) is 4.79 Å². The van der Waals surface area contributed by atoms with Crippen LogP contribution in [-0.4, -0.2) is 25.0 Å². The lowest BCUT2D eigenvalue weighted by molar-refractivity contribution is -0.125. The third kappa shape index (κ3) is 3.70. The van der Waals surface area contributed by atoms with Gasteiger partial charge in [0.15, 0.2) is 0 Å². The van der Waals surface area contributed by atoms with Crippen LogP contribution in [0.2, 0.25) is 0 Å². The topological polar surface area (TPSA) is 41.1 Å². The zero-order valence-electron chi connectivity index (χ0n) is 11.0. The number of carbonyl (C=O) groups is 1. The van der Waals surface area contributed by atoms with Crippen molar-refractivity contribution in [3.05, 3.63) is 0 Å². The van der Waals surface area contributed by atoms with Crippen molar-refractivity contribution in [2.75, 3.05) is 13.1 Å². The van der Waals surface area contributed by atoms with Crippen molar-refractivity contribution >= 4 is 5.91 Å². The summed E-state index contributed by atoms with van der Waals surface area (Å²) in [6, 6.07) is 0.352. The molecule has 0 aromatic rings. The molecule has 2 fully saturated rings. The van der Waals surface area contributed by atoms with E-state index < -0.39 is 0 Å². The van der Waals surface area contributed by atoms with E-state index >= 15 is 0 Å². The highest BCUT2D eigenvalue weighted by molar-refractivity contribution is 5.79. The van der Waals surface area contributed by atoms with Gasteiger partial charge in [0.2, 0.25) is 5.91 Å². The molecule has 98 valence electrons. The molecule has 1 saturated heterocycles. The van der Waals surface area contributed by atoms with Gasteiger partial charge in [-0.1, -0.05) is 32.1 Å². The van der Waals surface area contributed by atoms with Crippen molar-refractivity contribution < 1.29 is 4.79 Å². The van der Waals surface area contributed by atoms with E-state index in [1.54, 1.807) is 0 Å². The standard InChI is InChI=1S/C14H26N2O/c1-11-13(8-10-15-11)14(17)16-9-7-12-5-3-2-4-6-12/h11-13,15H,2-10H2,1H3,(H,16,17). The Morgan fingerprint density at radius 2 is 2.00 bits per heavy atom. The van der Waals surface area contributed by atoms with Crippen LogP contribution in [0.15, 0.2) is 0 Å². The Balaban J connectivity index is 1.62. The fourth-order valence-electron chi connectivity index (χ4n) is 3.22. The zero-order chi connectivity index (χ0) is 12.1. The summed E-state index contributed by atoms with van der Waals surface area (Å²) >= 11 is 0. The summed E-state index contributed by atoms with van der Waals surface area (Å²) in [7, 11) is 0. The smallest absolute Gasteiger partial charge is 0.224 e. The first-order valence-electron chi connectivity index (χ1n) is 7.28. The first-order chi connectivity index (χ1) is 8.27. The summed E-state index contributed by atoms with van der Waals surface area (Å²) in [5.41, 5.74) is 0. The molecule has 2 atom stereocenters. The van der Waals surface area contributed by atoms with Crippen LogP contribution in [0.5, 0.6) is 0 Å². The average molecular weight is 238 g/mol. The molecule has 0 radical (unpaired) electrons. The monoisotopic (exact) mass is 238 g/mol. The molecule has 17 heavy (non-hydrogen) atoms. The predicted molar refractivity (Wildman–Crippen MR) is 69.8 cm³/mol. The highest BCUT2D eigenvalue weighted by Crippen LogP contribution is 2.25. The van der Waals surface area contributed by atoms with Crippen molar-refractivity contribution in [1.82, 2.24) is 10.6 Å². The second-order valence-electron chi connectivity index (χ2n) is 5.72. The van der Waals surface area contributed by atoms with Gasteiger partial charge >= 0.3 is 0 Å². The van der Waals surface area contributed by atoms with Gasteiger partial charge in [-0.15, -0.1) is 0 Å². The Morgan fingerprint density at radius 1 is 1.24 bits per heavy atom. The molecule has 0 spiro atoms. The molecule has 3 nitrogen and oxygen atoms in total. The zero-order valence-corrected chi connectivity index (χ0v) is 11.0. The Morgan fingerprint density at radius 3 is 2.65 bits per heavy atom. The summed E-state index contributed by atoms with van der Waals surface area (Å²) in [5.74, 6) is 1.32. The quantitative estimate of drug-likeness (QED) is 0.787. The largest absolute Gasteiger partial charge is 0.356 e. The lowest BCUT2D eigenvalue weighted by Crippen LogP contribution is -2.37. The number of amides is 1. The summed E-state index contributed by atoms with van der Waals surface area (Å²) in [5, 5.41) is 6.45. The maximum absolute atomic E-state index is 11.9. The lowest BCUT2D eigenvalue weighted by atomic mass is 9.87. The first-order valence-corrected chi connectivity index (χ1v) is 7.28. The Hall–Kier alpha value is -0.570. The molecule has 1 aliphatic carbocycles. The molecule has 2 N–H and O–H groups in total. The molecule has 1 saturated carbocycles. The fourth-order valence-corrected chi connectivity index (χ4v) is 3.22. The average Bonchev–Trinajstić information content (AvgIpc) is 2.77. The van der Waals surface area contributed by atoms with E-state index in [1.165, 1.54) is 38.5 Å². The number of nitrogens with one attached hydrogen (secondary N) is 2. The summed E-state index contributed by atoms with van der Waals surface area (Å²) in [6.07, 6.45) is 9.11. The van der Waals surface area contributed by atoms with Crippen molar-refractivity contribution in [2.24, 2.45) is 11.8 Å². The van der Waals surface area contributed by atoms with Crippen LogP contribution in [0.25, 0.3) is 0 Å². The van der Waals surface area contributed by atoms with Crippen LogP contribution in [0.1, 0.15) is 51.9 Å². The third-order valence-corrected chi connectivity index (χ3v) is 4.44. The van der Waals surface area contributed by atoms with Gasteiger partial charge in [0.05, 0.1) is 5.92 Å². The van der Waals surface area contributed by atoms with Gasteiger partial charge < -0.3 is 10.6 Å². The van der Waals surface area contributed by atoms with Gasteiger partial charge in [-0.25, -0.2) is 0 Å². The van der Waals surface area contributed by atoms with Crippen LogP contribution in [0.4, 0.5) is 0 Å². The molecule has 1 heterocycles. The van der Waals surface area contributed by atoms with Crippen LogP contribution < -0.4 is 10.6 Å². The fraction of sp³-hybridized carbons (Fsp3) is 0.929. The van der Waals surface area contributed by atoms with E-state index in [0.29, 0.717) is 6.04 Å². The highest BCUT2D eigenvalue weighted by atomic mass is 16.1. The van der Waals surface area contributed by atoms with Crippen molar-refractivity contribution in [1.29, 1.82) is 0 Å². The summed E-state index contributed by atoms with van der Waals surface area (Å²) in [4.78, 5) is 11.9. The molecule has 0 bridgehead atoms. The summed E-state index contributed by atoms with van der Waals surface area (Å²) in [6.45, 7) is 3.98. The predicted octanol–water partition coefficient (Wildman–Crippen LogP) is 2.07. The number of hydrogen-bond acceptors (Lipinski definition) is 2. The van der Waals surface area contributed by atoms with E-state index in [1.807, 2.05) is 0 Å². The van der Waals surface area contributed by atoms with Crippen molar-refractivity contribution in [3.63, 3.8) is 0 Å². The molecular weight excluding hydrogens is 212 g/mol. The SMILES string of the molecule is CC1NCCC1C(=O)NCCC1CCCCC1. The number of hydrogen-bond donors (Lipinski definition) is 2. The van der Waals surface area contributed by atoms with Gasteiger partial charge in [0, 0.05) is 12.6 Å². The van der Waals surface area contributed by atoms with Crippen LogP contribution in [0, 0.1) is 11.8 Å². The van der Waals surface area contributed by atoms with Gasteiger partial charge in [0.25, 0.3) is 0 Å². The third-order valence-electron chi connectivity index (χ3n) is 4.44. The number of rotatable bonds is 4. The summed E-state index contributed by atoms with van der Waals surface area (Å²) < 4.78 is 0. The van der Waals surface area contributed by atoms with E-state index in [0.717, 1.165) is 25.4 Å². The van der Waals surface area contributed by atoms with Gasteiger partial charge in [0.1, 0.15) is 0 Å². The van der Waals surface area contributed by atoms with Crippen molar-refractivity contribution in [2.45, 2.75) is 57.9 Å². The minimum Gasteiger partial charge on any atom is -0.356 e. The van der Waals surface area contributed by atoms with Crippen LogP contribution in [0.3, 0.4) is 0 Å². The second-order valence-corrected chi connectivity index (χ2v) is 5.72. The molecule has 1 aliphatic heterocycles. The van der Waals surface area contributed by atoms with E-state index in [2.05, 4.69) is 17.6 Å². The molecule has 0 aromatic heterocycles. The molecule has 2 aliphatic rings. The molecule has 0 aromatic carbocycles. The van der Waals surface area contributed by atoms with E-state index in [4.69, 9.17) is 0 Å². The normalized spacial score (nSPS) is 30.4. The van der Waals surface area contributed by atoms with Crippen LogP contribution in [-0.2, 0) is 4.79 Å². The molecule has 2 rings (SSSR count). The number of carbonyl (C=O) groups excluding carboxylic acids is 1. The highest BCUT2D eigenvalue weighted by Gasteiger charge is 2.29. The minimum absolute atomic E-state index is 0.196. The van der Waals surface area contributed by atoms with Gasteiger partial charge in [-0.3, -0.25) is 4.79 Å². The Labute approximate surface area is 105 Å². The second kappa shape index (κ2) is 6.39. The molecular formula is C14H26N2O. The minimum atomic E-state index is 0.196. The maximum Gasteiger partial charge on any atom is 0.224 e. The molecule has 3 heteroatoms.